The predicted molar refractivity (Wildman–Crippen MR) is 105 cm³/mol. The fourth-order valence-corrected chi connectivity index (χ4v) is 2.74. The summed E-state index contributed by atoms with van der Waals surface area (Å²) in [6.07, 6.45) is 0. The zero-order chi connectivity index (χ0) is 20.3. The van der Waals surface area contributed by atoms with Gasteiger partial charge >= 0.3 is 0 Å². The van der Waals surface area contributed by atoms with E-state index in [1.54, 1.807) is 19.1 Å². The third kappa shape index (κ3) is 4.06. The van der Waals surface area contributed by atoms with E-state index >= 15 is 0 Å². The SMILES string of the molecule is Cc1ccccc1NC(=O)c1cccc(C(=O)Nc2ccc(F)cc2C)c1F. The summed E-state index contributed by atoms with van der Waals surface area (Å²) in [6, 6.07) is 15.0. The van der Waals surface area contributed by atoms with E-state index in [2.05, 4.69) is 10.6 Å². The Hall–Kier alpha value is -3.54. The fraction of sp³-hybridized carbons (Fsp3) is 0.0909. The van der Waals surface area contributed by atoms with Crippen molar-refractivity contribution in [2.45, 2.75) is 13.8 Å². The zero-order valence-electron chi connectivity index (χ0n) is 15.3. The number of amides is 2. The van der Waals surface area contributed by atoms with Gasteiger partial charge in [-0.3, -0.25) is 9.59 Å². The number of aryl methyl sites for hydroxylation is 2. The highest BCUT2D eigenvalue weighted by molar-refractivity contribution is 6.09. The summed E-state index contributed by atoms with van der Waals surface area (Å²) in [7, 11) is 0. The van der Waals surface area contributed by atoms with Crippen LogP contribution in [0, 0.1) is 25.5 Å². The normalized spacial score (nSPS) is 10.4. The van der Waals surface area contributed by atoms with E-state index in [1.807, 2.05) is 19.1 Å². The van der Waals surface area contributed by atoms with Crippen molar-refractivity contribution in [1.29, 1.82) is 0 Å². The Morgan fingerprint density at radius 3 is 1.86 bits per heavy atom. The van der Waals surface area contributed by atoms with Gasteiger partial charge in [0.2, 0.25) is 0 Å². The second kappa shape index (κ2) is 8.00. The lowest BCUT2D eigenvalue weighted by atomic mass is 10.1. The molecule has 0 atom stereocenters. The van der Waals surface area contributed by atoms with Crippen LogP contribution < -0.4 is 10.6 Å². The number of halogens is 2. The lowest BCUT2D eigenvalue weighted by Gasteiger charge is -2.12. The van der Waals surface area contributed by atoms with Gasteiger partial charge in [0, 0.05) is 11.4 Å². The van der Waals surface area contributed by atoms with Crippen molar-refractivity contribution >= 4 is 23.2 Å². The van der Waals surface area contributed by atoms with Gasteiger partial charge in [-0.1, -0.05) is 24.3 Å². The molecule has 3 rings (SSSR count). The van der Waals surface area contributed by atoms with Gasteiger partial charge < -0.3 is 10.6 Å². The number of hydrogen-bond donors (Lipinski definition) is 2. The number of hydrogen-bond acceptors (Lipinski definition) is 2. The van der Waals surface area contributed by atoms with Gasteiger partial charge in [-0.05, 0) is 61.4 Å². The number of rotatable bonds is 4. The van der Waals surface area contributed by atoms with Crippen molar-refractivity contribution in [1.82, 2.24) is 0 Å². The summed E-state index contributed by atoms with van der Waals surface area (Å²) in [5.41, 5.74) is 1.73. The van der Waals surface area contributed by atoms with E-state index in [0.717, 1.165) is 5.56 Å². The van der Waals surface area contributed by atoms with E-state index in [4.69, 9.17) is 0 Å². The summed E-state index contributed by atoms with van der Waals surface area (Å²) < 4.78 is 28.1. The van der Waals surface area contributed by atoms with E-state index in [0.29, 0.717) is 16.9 Å². The molecule has 2 amide bonds. The molecule has 0 spiro atoms. The largest absolute Gasteiger partial charge is 0.322 e. The van der Waals surface area contributed by atoms with Crippen LogP contribution in [0.5, 0.6) is 0 Å². The monoisotopic (exact) mass is 380 g/mol. The van der Waals surface area contributed by atoms with E-state index < -0.39 is 23.4 Å². The summed E-state index contributed by atoms with van der Waals surface area (Å²) in [5.74, 6) is -2.74. The molecule has 28 heavy (non-hydrogen) atoms. The fourth-order valence-electron chi connectivity index (χ4n) is 2.74. The topological polar surface area (TPSA) is 58.2 Å². The second-order valence-electron chi connectivity index (χ2n) is 6.35. The molecular weight excluding hydrogens is 362 g/mol. The van der Waals surface area contributed by atoms with Crippen LogP contribution in [0.3, 0.4) is 0 Å². The molecular formula is C22H18F2N2O2. The Kier molecular flexibility index (Phi) is 5.49. The first kappa shape index (κ1) is 19.2. The van der Waals surface area contributed by atoms with Crippen molar-refractivity contribution in [2.75, 3.05) is 10.6 Å². The first-order valence-electron chi connectivity index (χ1n) is 8.60. The number of carbonyl (C=O) groups is 2. The standard InChI is InChI=1S/C22H18F2N2O2/c1-13-6-3-4-9-18(13)25-21(27)16-7-5-8-17(20(16)24)22(28)26-19-11-10-15(23)12-14(19)2/h3-12H,1-2H3,(H,25,27)(H,26,28). The lowest BCUT2D eigenvalue weighted by molar-refractivity contribution is 0.102. The highest BCUT2D eigenvalue weighted by Gasteiger charge is 2.20. The van der Waals surface area contributed by atoms with Crippen molar-refractivity contribution in [3.05, 3.63) is 94.6 Å². The molecule has 0 unspecified atom stereocenters. The Labute approximate surface area is 161 Å². The smallest absolute Gasteiger partial charge is 0.258 e. The molecule has 0 fully saturated rings. The van der Waals surface area contributed by atoms with E-state index in [-0.39, 0.29) is 11.1 Å². The van der Waals surface area contributed by atoms with Crippen LogP contribution in [0.25, 0.3) is 0 Å². The maximum absolute atomic E-state index is 14.9. The average molecular weight is 380 g/mol. The van der Waals surface area contributed by atoms with Gasteiger partial charge in [-0.2, -0.15) is 0 Å². The first-order valence-corrected chi connectivity index (χ1v) is 8.60. The minimum Gasteiger partial charge on any atom is -0.322 e. The van der Waals surface area contributed by atoms with Crippen molar-refractivity contribution in [3.63, 3.8) is 0 Å². The van der Waals surface area contributed by atoms with Crippen molar-refractivity contribution < 1.29 is 18.4 Å². The molecule has 0 aliphatic rings. The zero-order valence-corrected chi connectivity index (χ0v) is 15.3. The molecule has 2 N–H and O–H groups in total. The van der Waals surface area contributed by atoms with Crippen LogP contribution in [0.1, 0.15) is 31.8 Å². The number of anilines is 2. The molecule has 6 heteroatoms. The second-order valence-corrected chi connectivity index (χ2v) is 6.35. The summed E-state index contributed by atoms with van der Waals surface area (Å²) >= 11 is 0. The molecule has 0 radical (unpaired) electrons. The van der Waals surface area contributed by atoms with Gasteiger partial charge in [-0.15, -0.1) is 0 Å². The van der Waals surface area contributed by atoms with Crippen LogP contribution >= 0.6 is 0 Å². The summed E-state index contributed by atoms with van der Waals surface area (Å²) in [5, 5.41) is 5.19. The maximum atomic E-state index is 14.9. The van der Waals surface area contributed by atoms with E-state index in [9.17, 15) is 18.4 Å². The molecule has 0 aliphatic heterocycles. The molecule has 142 valence electrons. The minimum absolute atomic E-state index is 0.244. The van der Waals surface area contributed by atoms with Crippen LogP contribution in [-0.4, -0.2) is 11.8 Å². The molecule has 4 nitrogen and oxygen atoms in total. The maximum Gasteiger partial charge on any atom is 0.258 e. The third-order valence-corrected chi connectivity index (χ3v) is 4.32. The number of para-hydroxylation sites is 1. The number of nitrogens with one attached hydrogen (secondary N) is 2. The highest BCUT2D eigenvalue weighted by atomic mass is 19.1. The van der Waals surface area contributed by atoms with Gasteiger partial charge in [0.15, 0.2) is 0 Å². The Balaban J connectivity index is 1.85. The average Bonchev–Trinajstić information content (AvgIpc) is 2.66. The molecule has 0 heterocycles. The number of carbonyl (C=O) groups excluding carboxylic acids is 2. The lowest BCUT2D eigenvalue weighted by Crippen LogP contribution is -2.19. The molecule has 3 aromatic rings. The first-order chi connectivity index (χ1) is 13.4. The minimum atomic E-state index is -0.925. The molecule has 0 bridgehead atoms. The molecule has 0 aliphatic carbocycles. The number of benzene rings is 3. The van der Waals surface area contributed by atoms with Gasteiger partial charge in [0.25, 0.3) is 11.8 Å². The summed E-state index contributed by atoms with van der Waals surface area (Å²) in [6.45, 7) is 3.45. The van der Waals surface area contributed by atoms with Crippen LogP contribution in [0.15, 0.2) is 60.7 Å². The Morgan fingerprint density at radius 2 is 1.29 bits per heavy atom. The van der Waals surface area contributed by atoms with Crippen LogP contribution in [-0.2, 0) is 0 Å². The van der Waals surface area contributed by atoms with Crippen LogP contribution in [0.2, 0.25) is 0 Å². The predicted octanol–water partition coefficient (Wildman–Crippen LogP) is 5.09. The Morgan fingerprint density at radius 1 is 0.714 bits per heavy atom. The van der Waals surface area contributed by atoms with E-state index in [1.165, 1.54) is 36.4 Å². The molecule has 0 saturated heterocycles. The van der Waals surface area contributed by atoms with Gasteiger partial charge in [-0.25, -0.2) is 8.78 Å². The van der Waals surface area contributed by atoms with Crippen LogP contribution in [0.4, 0.5) is 20.2 Å². The highest BCUT2D eigenvalue weighted by Crippen LogP contribution is 2.21. The van der Waals surface area contributed by atoms with Gasteiger partial charge in [0.05, 0.1) is 11.1 Å². The Bertz CT molecular complexity index is 1060. The van der Waals surface area contributed by atoms with Crippen molar-refractivity contribution in [3.8, 4) is 0 Å². The molecule has 3 aromatic carbocycles. The third-order valence-electron chi connectivity index (χ3n) is 4.32. The summed E-state index contributed by atoms with van der Waals surface area (Å²) in [4.78, 5) is 25.0. The molecule has 0 saturated carbocycles. The quantitative estimate of drug-likeness (QED) is 0.663. The van der Waals surface area contributed by atoms with Gasteiger partial charge in [0.1, 0.15) is 11.6 Å². The van der Waals surface area contributed by atoms with Crippen molar-refractivity contribution in [2.24, 2.45) is 0 Å². The molecule has 0 aromatic heterocycles.